The number of alkyl halides is 3. The number of pyridine rings is 1. The lowest BCUT2D eigenvalue weighted by Crippen LogP contribution is -2.55. The molecule has 1 amide bonds. The summed E-state index contributed by atoms with van der Waals surface area (Å²) in [4.78, 5) is 33.6. The number of ether oxygens (including phenoxy) is 1. The van der Waals surface area contributed by atoms with Crippen molar-refractivity contribution in [2.75, 3.05) is 56.7 Å². The topological polar surface area (TPSA) is 102 Å². The standard InChI is InChI=1S/C30H37F3N8O2/c1-4-27(42)41-14-13-40(17-22(41)7-10-34)28-23-9-12-39(26-16-35-11-8-24(26)30(31,32)33)18-25(23)36-29(37-28)43-19-20-5-6-21(15-20)38(2)3/h4,8,11,16,20-22H,1,5-7,9,12-15,17-19H2,2-3H3. The van der Waals surface area contributed by atoms with Crippen LogP contribution in [-0.2, 0) is 23.9 Å². The molecule has 0 aromatic carbocycles. The Labute approximate surface area is 249 Å². The third-order valence-corrected chi connectivity index (χ3v) is 8.73. The maximum atomic E-state index is 13.8. The molecule has 2 aliphatic heterocycles. The molecule has 0 radical (unpaired) electrons. The fraction of sp³-hybridized carbons (Fsp3) is 0.567. The van der Waals surface area contributed by atoms with Gasteiger partial charge in [-0.3, -0.25) is 9.78 Å². The Balaban J connectivity index is 1.45. The molecule has 230 valence electrons. The van der Waals surface area contributed by atoms with Crippen molar-refractivity contribution in [1.82, 2.24) is 24.8 Å². The zero-order valence-corrected chi connectivity index (χ0v) is 24.6. The number of carbonyl (C=O) groups is 1. The molecule has 1 saturated carbocycles. The van der Waals surface area contributed by atoms with Crippen LogP contribution in [0.2, 0.25) is 0 Å². The number of aromatic nitrogens is 3. The van der Waals surface area contributed by atoms with E-state index in [1.54, 1.807) is 9.80 Å². The van der Waals surface area contributed by atoms with E-state index >= 15 is 0 Å². The number of hydrogen-bond donors (Lipinski definition) is 0. The highest BCUT2D eigenvalue weighted by molar-refractivity contribution is 5.87. The first-order chi connectivity index (χ1) is 20.6. The Morgan fingerprint density at radius 3 is 2.74 bits per heavy atom. The van der Waals surface area contributed by atoms with Crippen LogP contribution >= 0.6 is 0 Å². The number of piperazine rings is 1. The molecule has 43 heavy (non-hydrogen) atoms. The summed E-state index contributed by atoms with van der Waals surface area (Å²) in [6.07, 6.45) is 2.83. The Morgan fingerprint density at radius 2 is 2.05 bits per heavy atom. The van der Waals surface area contributed by atoms with Crippen molar-refractivity contribution in [1.29, 1.82) is 5.26 Å². The number of amides is 1. The van der Waals surface area contributed by atoms with Gasteiger partial charge in [0.1, 0.15) is 5.82 Å². The maximum absolute atomic E-state index is 13.8. The van der Waals surface area contributed by atoms with Gasteiger partial charge in [0.25, 0.3) is 0 Å². The highest BCUT2D eigenvalue weighted by Gasteiger charge is 2.37. The van der Waals surface area contributed by atoms with Crippen molar-refractivity contribution in [3.8, 4) is 12.1 Å². The molecule has 3 aliphatic rings. The number of nitrogens with zero attached hydrogens (tertiary/aromatic N) is 8. The maximum Gasteiger partial charge on any atom is 0.418 e. The van der Waals surface area contributed by atoms with E-state index in [4.69, 9.17) is 14.7 Å². The summed E-state index contributed by atoms with van der Waals surface area (Å²) in [5, 5.41) is 9.46. The molecule has 3 atom stereocenters. The Bertz CT molecular complexity index is 1380. The lowest BCUT2D eigenvalue weighted by atomic mass is 10.0. The number of fused-ring (bicyclic) bond motifs is 1. The highest BCUT2D eigenvalue weighted by Crippen LogP contribution is 2.39. The van der Waals surface area contributed by atoms with E-state index in [2.05, 4.69) is 36.6 Å². The average Bonchev–Trinajstić information content (AvgIpc) is 3.48. The molecular formula is C30H37F3N8O2. The van der Waals surface area contributed by atoms with Gasteiger partial charge in [-0.2, -0.15) is 28.4 Å². The fourth-order valence-electron chi connectivity index (χ4n) is 6.39. The molecule has 1 aliphatic carbocycles. The van der Waals surface area contributed by atoms with Gasteiger partial charge in [0.2, 0.25) is 5.91 Å². The van der Waals surface area contributed by atoms with Crippen molar-refractivity contribution in [3.63, 3.8) is 0 Å². The molecule has 0 N–H and O–H groups in total. The summed E-state index contributed by atoms with van der Waals surface area (Å²) in [6, 6.07) is 3.50. The molecule has 13 heteroatoms. The molecule has 0 bridgehead atoms. The van der Waals surface area contributed by atoms with Crippen LogP contribution in [0.25, 0.3) is 0 Å². The van der Waals surface area contributed by atoms with Crippen molar-refractivity contribution in [2.24, 2.45) is 5.92 Å². The van der Waals surface area contributed by atoms with Crippen molar-refractivity contribution in [2.45, 2.75) is 56.9 Å². The molecule has 10 nitrogen and oxygen atoms in total. The van der Waals surface area contributed by atoms with Gasteiger partial charge >= 0.3 is 12.2 Å². The van der Waals surface area contributed by atoms with E-state index in [1.165, 1.54) is 12.3 Å². The van der Waals surface area contributed by atoms with Gasteiger partial charge in [0, 0.05) is 44.0 Å². The monoisotopic (exact) mass is 598 g/mol. The lowest BCUT2D eigenvalue weighted by molar-refractivity contribution is -0.137. The van der Waals surface area contributed by atoms with Crippen molar-refractivity contribution in [3.05, 3.63) is 47.9 Å². The summed E-state index contributed by atoms with van der Waals surface area (Å²) in [7, 11) is 4.15. The van der Waals surface area contributed by atoms with Gasteiger partial charge in [0.15, 0.2) is 0 Å². The molecule has 2 aromatic heterocycles. The molecule has 4 heterocycles. The van der Waals surface area contributed by atoms with Crippen LogP contribution in [0.15, 0.2) is 31.1 Å². The number of halogens is 3. The molecule has 0 spiro atoms. The first kappa shape index (κ1) is 30.5. The van der Waals surface area contributed by atoms with E-state index in [0.29, 0.717) is 62.7 Å². The molecule has 5 rings (SSSR count). The van der Waals surface area contributed by atoms with E-state index in [-0.39, 0.29) is 36.6 Å². The summed E-state index contributed by atoms with van der Waals surface area (Å²) in [5.41, 5.74) is 0.710. The summed E-state index contributed by atoms with van der Waals surface area (Å²) in [5.74, 6) is 0.770. The number of hydrogen-bond acceptors (Lipinski definition) is 9. The Kier molecular flexibility index (Phi) is 9.05. The summed E-state index contributed by atoms with van der Waals surface area (Å²) < 4.78 is 47.7. The first-order valence-corrected chi connectivity index (χ1v) is 14.6. The van der Waals surface area contributed by atoms with Crippen LogP contribution in [0.3, 0.4) is 0 Å². The van der Waals surface area contributed by atoms with E-state index in [9.17, 15) is 23.2 Å². The van der Waals surface area contributed by atoms with Crippen LogP contribution in [0.5, 0.6) is 6.01 Å². The van der Waals surface area contributed by atoms with E-state index < -0.39 is 11.7 Å². The zero-order valence-electron chi connectivity index (χ0n) is 24.6. The average molecular weight is 599 g/mol. The zero-order chi connectivity index (χ0) is 30.7. The molecule has 1 saturated heterocycles. The largest absolute Gasteiger partial charge is 0.463 e. The second kappa shape index (κ2) is 12.8. The number of carbonyl (C=O) groups excluding carboxylic acids is 1. The quantitative estimate of drug-likeness (QED) is 0.421. The number of nitriles is 1. The molecular weight excluding hydrogens is 561 g/mol. The smallest absolute Gasteiger partial charge is 0.418 e. The minimum atomic E-state index is -4.52. The normalized spacial score (nSPS) is 22.3. The van der Waals surface area contributed by atoms with Crippen LogP contribution in [-0.4, -0.2) is 89.6 Å². The predicted molar refractivity (Wildman–Crippen MR) is 154 cm³/mol. The summed E-state index contributed by atoms with van der Waals surface area (Å²) >= 11 is 0. The first-order valence-electron chi connectivity index (χ1n) is 14.6. The lowest BCUT2D eigenvalue weighted by Gasteiger charge is -2.42. The highest BCUT2D eigenvalue weighted by atomic mass is 19.4. The second-order valence-electron chi connectivity index (χ2n) is 11.6. The van der Waals surface area contributed by atoms with Gasteiger partial charge in [-0.05, 0) is 57.8 Å². The molecule has 3 unspecified atom stereocenters. The van der Waals surface area contributed by atoms with Gasteiger partial charge in [0.05, 0.1) is 54.8 Å². The Hall–Kier alpha value is -3.92. The van der Waals surface area contributed by atoms with Gasteiger partial charge in [-0.15, -0.1) is 0 Å². The molecule has 2 aromatic rings. The minimum absolute atomic E-state index is 0.00889. The summed E-state index contributed by atoms with van der Waals surface area (Å²) in [6.45, 7) is 5.74. The second-order valence-corrected chi connectivity index (χ2v) is 11.6. The van der Waals surface area contributed by atoms with Crippen molar-refractivity contribution >= 4 is 17.4 Å². The van der Waals surface area contributed by atoms with Gasteiger partial charge < -0.3 is 24.3 Å². The van der Waals surface area contributed by atoms with Gasteiger partial charge in [-0.1, -0.05) is 6.58 Å². The van der Waals surface area contributed by atoms with Crippen LogP contribution in [0.1, 0.15) is 42.5 Å². The number of rotatable bonds is 8. The SMILES string of the molecule is C=CC(=O)N1CCN(c2nc(OCC3CCC(N(C)C)C3)nc3c2CCN(c2cnccc2C(F)(F)F)C3)CC1CC#N. The van der Waals surface area contributed by atoms with E-state index in [0.717, 1.165) is 37.1 Å². The Morgan fingerprint density at radius 1 is 1.23 bits per heavy atom. The van der Waals surface area contributed by atoms with E-state index in [1.807, 2.05) is 4.90 Å². The number of anilines is 2. The predicted octanol–water partition coefficient (Wildman–Crippen LogP) is 3.68. The van der Waals surface area contributed by atoms with Crippen molar-refractivity contribution < 1.29 is 22.7 Å². The minimum Gasteiger partial charge on any atom is -0.463 e. The fourth-order valence-corrected chi connectivity index (χ4v) is 6.39. The van der Waals surface area contributed by atoms with Crippen LogP contribution in [0.4, 0.5) is 24.7 Å². The van der Waals surface area contributed by atoms with Crippen LogP contribution in [0, 0.1) is 17.2 Å². The molecule has 2 fully saturated rings. The third-order valence-electron chi connectivity index (χ3n) is 8.73. The van der Waals surface area contributed by atoms with Crippen LogP contribution < -0.4 is 14.5 Å². The van der Waals surface area contributed by atoms with Gasteiger partial charge in [-0.25, -0.2) is 0 Å². The third kappa shape index (κ3) is 6.69.